The monoisotopic (exact) mass is 318 g/mol. The molecule has 0 bridgehead atoms. The van der Waals surface area contributed by atoms with Crippen molar-refractivity contribution in [2.75, 3.05) is 17.6 Å². The number of carbonyl (C=O) groups excluding carboxylic acids is 1. The molecule has 2 aromatic carbocycles. The highest BCUT2D eigenvalue weighted by Gasteiger charge is 1.99. The molecule has 0 spiro atoms. The Morgan fingerprint density at radius 1 is 1.00 bits per heavy atom. The quantitative estimate of drug-likeness (QED) is 0.583. The van der Waals surface area contributed by atoms with Crippen molar-refractivity contribution in [3.63, 3.8) is 0 Å². The fourth-order valence-electron chi connectivity index (χ4n) is 1.63. The third-order valence-corrected chi connectivity index (χ3v) is 5.19. The number of ketones is 1. The number of nitrogens with two attached hydrogens (primary N) is 1. The minimum Gasteiger partial charge on any atom is -0.399 e. The van der Waals surface area contributed by atoms with Crippen LogP contribution in [0.25, 0.3) is 0 Å². The normalized spacial score (nSPS) is 10.3. The van der Waals surface area contributed by atoms with Gasteiger partial charge in [0.2, 0.25) is 0 Å². The summed E-state index contributed by atoms with van der Waals surface area (Å²) in [6, 6.07) is 16.1. The third kappa shape index (κ3) is 5.73. The van der Waals surface area contributed by atoms with E-state index < -0.39 is 0 Å². The summed E-state index contributed by atoms with van der Waals surface area (Å²) in [5.41, 5.74) is 7.49. The Hall–Kier alpha value is -1.59. The first-order valence-electron chi connectivity index (χ1n) is 6.67. The molecule has 0 aliphatic heterocycles. The van der Waals surface area contributed by atoms with E-state index in [1.54, 1.807) is 28.5 Å². The lowest BCUT2D eigenvalue weighted by atomic mass is 10.3. The SMILES string of the molecule is CC(=O)CCNc1ccc(SSc2ccc(N)cc2)cc1. The molecule has 0 aliphatic rings. The van der Waals surface area contributed by atoms with Crippen molar-refractivity contribution in [3.8, 4) is 0 Å². The second kappa shape index (κ2) is 8.00. The van der Waals surface area contributed by atoms with Gasteiger partial charge in [-0.05, 0) is 55.5 Å². The summed E-state index contributed by atoms with van der Waals surface area (Å²) < 4.78 is 0. The molecule has 0 aliphatic carbocycles. The summed E-state index contributed by atoms with van der Waals surface area (Å²) in [4.78, 5) is 13.2. The smallest absolute Gasteiger partial charge is 0.131 e. The van der Waals surface area contributed by atoms with E-state index in [1.165, 1.54) is 9.79 Å². The van der Waals surface area contributed by atoms with Crippen LogP contribution in [0.4, 0.5) is 11.4 Å². The van der Waals surface area contributed by atoms with Crippen LogP contribution in [0.1, 0.15) is 13.3 Å². The zero-order valence-electron chi connectivity index (χ0n) is 11.8. The van der Waals surface area contributed by atoms with Crippen LogP contribution in [-0.4, -0.2) is 12.3 Å². The van der Waals surface area contributed by atoms with Crippen LogP contribution in [0.5, 0.6) is 0 Å². The van der Waals surface area contributed by atoms with Crippen LogP contribution in [0, 0.1) is 0 Å². The van der Waals surface area contributed by atoms with Gasteiger partial charge >= 0.3 is 0 Å². The van der Waals surface area contributed by atoms with Crippen molar-refractivity contribution in [1.82, 2.24) is 0 Å². The summed E-state index contributed by atoms with van der Waals surface area (Å²) in [6.45, 7) is 2.29. The number of hydrogen-bond acceptors (Lipinski definition) is 5. The molecule has 2 rings (SSSR count). The van der Waals surface area contributed by atoms with E-state index in [9.17, 15) is 4.79 Å². The molecule has 0 amide bonds. The first kappa shape index (κ1) is 15.8. The number of anilines is 2. The number of nitrogen functional groups attached to an aromatic ring is 1. The highest BCUT2D eigenvalue weighted by atomic mass is 33.1. The van der Waals surface area contributed by atoms with E-state index in [4.69, 9.17) is 5.73 Å². The van der Waals surface area contributed by atoms with Gasteiger partial charge in [-0.15, -0.1) is 0 Å². The van der Waals surface area contributed by atoms with Crippen LogP contribution < -0.4 is 11.1 Å². The van der Waals surface area contributed by atoms with Crippen molar-refractivity contribution in [2.45, 2.75) is 23.1 Å². The van der Waals surface area contributed by atoms with E-state index in [0.29, 0.717) is 13.0 Å². The Labute approximate surface area is 133 Å². The lowest BCUT2D eigenvalue weighted by Gasteiger charge is -2.06. The fraction of sp³-hybridized carbons (Fsp3) is 0.188. The molecule has 0 fully saturated rings. The molecule has 3 nitrogen and oxygen atoms in total. The first-order chi connectivity index (χ1) is 10.1. The second-order valence-electron chi connectivity index (χ2n) is 4.64. The van der Waals surface area contributed by atoms with Crippen LogP contribution in [0.2, 0.25) is 0 Å². The van der Waals surface area contributed by atoms with Crippen LogP contribution in [0.15, 0.2) is 58.3 Å². The van der Waals surface area contributed by atoms with E-state index in [1.807, 2.05) is 36.4 Å². The maximum Gasteiger partial charge on any atom is 0.131 e. The van der Waals surface area contributed by atoms with Gasteiger partial charge in [0.05, 0.1) is 0 Å². The van der Waals surface area contributed by atoms with Gasteiger partial charge in [0.1, 0.15) is 5.78 Å². The molecule has 0 saturated carbocycles. The minimum absolute atomic E-state index is 0.203. The van der Waals surface area contributed by atoms with Crippen molar-refractivity contribution in [2.24, 2.45) is 0 Å². The lowest BCUT2D eigenvalue weighted by Crippen LogP contribution is -2.05. The van der Waals surface area contributed by atoms with E-state index in [2.05, 4.69) is 17.4 Å². The molecule has 0 atom stereocenters. The maximum atomic E-state index is 10.9. The van der Waals surface area contributed by atoms with E-state index >= 15 is 0 Å². The highest BCUT2D eigenvalue weighted by Crippen LogP contribution is 2.37. The van der Waals surface area contributed by atoms with Crippen molar-refractivity contribution >= 4 is 38.7 Å². The highest BCUT2D eigenvalue weighted by molar-refractivity contribution is 8.76. The molecule has 0 aromatic heterocycles. The maximum absolute atomic E-state index is 10.9. The molecule has 2 aromatic rings. The zero-order valence-corrected chi connectivity index (χ0v) is 13.5. The second-order valence-corrected chi connectivity index (χ2v) is 6.92. The number of carbonyl (C=O) groups is 1. The Morgan fingerprint density at radius 2 is 1.52 bits per heavy atom. The third-order valence-electron chi connectivity index (χ3n) is 2.77. The molecular weight excluding hydrogens is 300 g/mol. The first-order valence-corrected chi connectivity index (χ1v) is 8.82. The van der Waals surface area contributed by atoms with Gasteiger partial charge in [-0.2, -0.15) is 0 Å². The number of nitrogens with one attached hydrogen (secondary N) is 1. The van der Waals surface area contributed by atoms with Gasteiger partial charge < -0.3 is 11.1 Å². The largest absolute Gasteiger partial charge is 0.399 e. The molecular formula is C16H18N2OS2. The van der Waals surface area contributed by atoms with Gasteiger partial charge in [0.25, 0.3) is 0 Å². The van der Waals surface area contributed by atoms with Crippen molar-refractivity contribution in [1.29, 1.82) is 0 Å². The molecule has 0 radical (unpaired) electrons. The summed E-state index contributed by atoms with van der Waals surface area (Å²) in [7, 11) is 3.42. The van der Waals surface area contributed by atoms with Crippen LogP contribution in [0.3, 0.4) is 0 Å². The molecule has 21 heavy (non-hydrogen) atoms. The molecule has 3 N–H and O–H groups in total. The topological polar surface area (TPSA) is 55.1 Å². The molecule has 0 saturated heterocycles. The summed E-state index contributed by atoms with van der Waals surface area (Å²) in [5, 5.41) is 3.23. The molecule has 110 valence electrons. The molecule has 0 unspecified atom stereocenters. The number of benzene rings is 2. The number of rotatable bonds is 7. The summed E-state index contributed by atoms with van der Waals surface area (Å²) >= 11 is 0. The van der Waals surface area contributed by atoms with Crippen molar-refractivity contribution in [3.05, 3.63) is 48.5 Å². The van der Waals surface area contributed by atoms with Crippen LogP contribution >= 0.6 is 21.6 Å². The van der Waals surface area contributed by atoms with E-state index in [-0.39, 0.29) is 5.78 Å². The van der Waals surface area contributed by atoms with Crippen LogP contribution in [-0.2, 0) is 4.79 Å². The van der Waals surface area contributed by atoms with Gasteiger partial charge in [-0.1, -0.05) is 21.6 Å². The predicted octanol–water partition coefficient (Wildman–Crippen LogP) is 4.46. The molecule has 5 heteroatoms. The average Bonchev–Trinajstić information content (AvgIpc) is 2.48. The Kier molecular flexibility index (Phi) is 6.02. The minimum atomic E-state index is 0.203. The average molecular weight is 318 g/mol. The summed E-state index contributed by atoms with van der Waals surface area (Å²) in [6.07, 6.45) is 0.559. The van der Waals surface area contributed by atoms with Gasteiger partial charge in [0, 0.05) is 34.1 Å². The number of Topliss-reactive ketones (excluding diaryl/α,β-unsaturated/α-hetero) is 1. The Bertz CT molecular complexity index is 582. The standard InChI is InChI=1S/C16H18N2OS2/c1-12(19)10-11-18-14-4-8-16(9-5-14)21-20-15-6-2-13(17)3-7-15/h2-9,18H,10-11,17H2,1H3. The zero-order chi connectivity index (χ0) is 15.1. The Balaban J connectivity index is 1.81. The Morgan fingerprint density at radius 3 is 2.05 bits per heavy atom. The fourth-order valence-corrected chi connectivity index (χ4v) is 3.56. The number of hydrogen-bond donors (Lipinski definition) is 2. The predicted molar refractivity (Wildman–Crippen MR) is 92.8 cm³/mol. The van der Waals surface area contributed by atoms with Crippen molar-refractivity contribution < 1.29 is 4.79 Å². The lowest BCUT2D eigenvalue weighted by molar-refractivity contribution is -0.116. The van der Waals surface area contributed by atoms with E-state index in [0.717, 1.165) is 11.4 Å². The van der Waals surface area contributed by atoms with Gasteiger partial charge in [-0.3, -0.25) is 4.79 Å². The summed E-state index contributed by atoms with van der Waals surface area (Å²) in [5.74, 6) is 0.203. The van der Waals surface area contributed by atoms with Gasteiger partial charge in [0.15, 0.2) is 0 Å². The molecule has 0 heterocycles. The van der Waals surface area contributed by atoms with Gasteiger partial charge in [-0.25, -0.2) is 0 Å².